The van der Waals surface area contributed by atoms with Gasteiger partial charge in [0.05, 0.1) is 12.1 Å². The molecule has 2 N–H and O–H groups in total. The molecular formula is C12H14N2S. The predicted octanol–water partition coefficient (Wildman–Crippen LogP) is 3.23. The summed E-state index contributed by atoms with van der Waals surface area (Å²) in [4.78, 5) is 4.25. The summed E-state index contributed by atoms with van der Waals surface area (Å²) in [6.07, 6.45) is 3.61. The predicted molar refractivity (Wildman–Crippen MR) is 70.0 cm³/mol. The topological polar surface area (TPSA) is 38.4 Å². The number of anilines is 1. The quantitative estimate of drug-likeness (QED) is 0.356. The molecule has 0 atom stereocenters. The first-order chi connectivity index (χ1) is 7.33. The van der Waals surface area contributed by atoms with Crippen LogP contribution in [-0.2, 0) is 6.54 Å². The highest BCUT2D eigenvalue weighted by Gasteiger charge is 1.88. The molecule has 0 saturated carbocycles. The summed E-state index contributed by atoms with van der Waals surface area (Å²) in [7, 11) is 0. The maximum Gasteiger partial charge on any atom is 0.0646 e. The molecule has 3 heteroatoms. The number of rotatable bonds is 5. The van der Waals surface area contributed by atoms with Gasteiger partial charge >= 0.3 is 0 Å². The lowest BCUT2D eigenvalue weighted by Gasteiger charge is -1.96. The van der Waals surface area contributed by atoms with E-state index in [1.807, 2.05) is 41.3 Å². The second-order valence-electron chi connectivity index (χ2n) is 2.89. The third kappa shape index (κ3) is 5.08. The monoisotopic (exact) mass is 218 g/mol. The molecule has 0 bridgehead atoms. The number of benzene rings is 1. The molecule has 1 rings (SSSR count). The van der Waals surface area contributed by atoms with E-state index in [4.69, 9.17) is 5.73 Å². The molecule has 0 heterocycles. The first kappa shape index (κ1) is 11.6. The Hall–Kier alpha value is -1.48. The third-order valence-corrected chi connectivity index (χ3v) is 2.27. The molecule has 0 aromatic heterocycles. The second kappa shape index (κ2) is 6.90. The maximum absolute atomic E-state index is 5.58. The van der Waals surface area contributed by atoms with Gasteiger partial charge in [0.15, 0.2) is 0 Å². The molecule has 15 heavy (non-hydrogen) atoms. The van der Waals surface area contributed by atoms with Crippen molar-refractivity contribution < 1.29 is 0 Å². The molecule has 1 aromatic carbocycles. The van der Waals surface area contributed by atoms with Crippen molar-refractivity contribution in [2.24, 2.45) is 4.99 Å². The highest BCUT2D eigenvalue weighted by molar-refractivity contribution is 8.14. The summed E-state index contributed by atoms with van der Waals surface area (Å²) in [5, 5.41) is 1.93. The van der Waals surface area contributed by atoms with Crippen LogP contribution in [0.25, 0.3) is 0 Å². The van der Waals surface area contributed by atoms with Crippen LogP contribution in [0, 0.1) is 0 Å². The minimum Gasteiger partial charge on any atom is -0.399 e. The van der Waals surface area contributed by atoms with Gasteiger partial charge in [0.1, 0.15) is 0 Å². The van der Waals surface area contributed by atoms with Crippen LogP contribution in [0.1, 0.15) is 5.56 Å². The Morgan fingerprint density at radius 3 is 2.73 bits per heavy atom. The van der Waals surface area contributed by atoms with Crippen molar-refractivity contribution in [3.63, 3.8) is 0 Å². The zero-order valence-electron chi connectivity index (χ0n) is 8.47. The number of nitrogens with zero attached hydrogens (tertiary/aromatic N) is 1. The Labute approximate surface area is 94.6 Å². The number of thioether (sulfide) groups is 1. The Kier molecular flexibility index (Phi) is 5.33. The Balaban J connectivity index is 2.33. The Morgan fingerprint density at radius 2 is 2.07 bits per heavy atom. The van der Waals surface area contributed by atoms with Crippen LogP contribution in [0.2, 0.25) is 0 Å². The van der Waals surface area contributed by atoms with Gasteiger partial charge in [0.25, 0.3) is 0 Å². The summed E-state index contributed by atoms with van der Waals surface area (Å²) >= 11 is 1.53. The van der Waals surface area contributed by atoms with Crippen LogP contribution in [0.5, 0.6) is 0 Å². The first-order valence-corrected chi connectivity index (χ1v) is 5.53. The second-order valence-corrected chi connectivity index (χ2v) is 3.64. The van der Waals surface area contributed by atoms with E-state index < -0.39 is 0 Å². The molecule has 0 aliphatic heterocycles. The molecule has 0 spiro atoms. The van der Waals surface area contributed by atoms with Crippen LogP contribution < -0.4 is 5.73 Å². The molecule has 0 unspecified atom stereocenters. The number of nitrogen functional groups attached to an aromatic ring is 1. The molecule has 0 radical (unpaired) electrons. The highest BCUT2D eigenvalue weighted by Crippen LogP contribution is 2.07. The van der Waals surface area contributed by atoms with Gasteiger partial charge in [-0.05, 0) is 23.1 Å². The molecule has 78 valence electrons. The van der Waals surface area contributed by atoms with E-state index in [0.717, 1.165) is 11.3 Å². The molecular weight excluding hydrogens is 204 g/mol. The van der Waals surface area contributed by atoms with Gasteiger partial charge in [-0.1, -0.05) is 42.6 Å². The van der Waals surface area contributed by atoms with Gasteiger partial charge in [0.2, 0.25) is 0 Å². The van der Waals surface area contributed by atoms with Gasteiger partial charge in [-0.3, -0.25) is 4.99 Å². The van der Waals surface area contributed by atoms with Crippen LogP contribution in [0.15, 0.2) is 53.4 Å². The molecule has 0 fully saturated rings. The van der Waals surface area contributed by atoms with Crippen LogP contribution >= 0.6 is 11.8 Å². The summed E-state index contributed by atoms with van der Waals surface area (Å²) in [6.45, 7) is 4.27. The molecule has 0 aliphatic rings. The van der Waals surface area contributed by atoms with Crippen molar-refractivity contribution in [1.29, 1.82) is 0 Å². The first-order valence-electron chi connectivity index (χ1n) is 4.58. The number of aliphatic imine (C=N–C) groups is 1. The Morgan fingerprint density at radius 1 is 1.33 bits per heavy atom. The SMILES string of the molecule is C=C/C=C\S/C=N/Cc1ccc(N)cc1. The van der Waals surface area contributed by atoms with Crippen molar-refractivity contribution in [3.05, 3.63) is 54.0 Å². The molecule has 0 amide bonds. The number of hydrogen-bond donors (Lipinski definition) is 1. The van der Waals surface area contributed by atoms with Crippen molar-refractivity contribution in [3.8, 4) is 0 Å². The summed E-state index contributed by atoms with van der Waals surface area (Å²) in [5.41, 5.74) is 9.34. The maximum atomic E-state index is 5.58. The van der Waals surface area contributed by atoms with E-state index in [2.05, 4.69) is 11.6 Å². The van der Waals surface area contributed by atoms with Gasteiger partial charge in [-0.25, -0.2) is 0 Å². The van der Waals surface area contributed by atoms with E-state index >= 15 is 0 Å². The average Bonchev–Trinajstić information content (AvgIpc) is 2.26. The summed E-state index contributed by atoms with van der Waals surface area (Å²) < 4.78 is 0. The zero-order valence-corrected chi connectivity index (χ0v) is 9.28. The number of allylic oxidation sites excluding steroid dienone is 2. The molecule has 0 saturated heterocycles. The normalized spacial score (nSPS) is 11.2. The summed E-state index contributed by atoms with van der Waals surface area (Å²) in [5.74, 6) is 0. The van der Waals surface area contributed by atoms with E-state index in [9.17, 15) is 0 Å². The number of nitrogens with two attached hydrogens (primary N) is 1. The van der Waals surface area contributed by atoms with Crippen molar-refractivity contribution in [1.82, 2.24) is 0 Å². The third-order valence-electron chi connectivity index (χ3n) is 1.68. The molecule has 1 aromatic rings. The minimum absolute atomic E-state index is 0.690. The van der Waals surface area contributed by atoms with E-state index in [0.29, 0.717) is 6.54 Å². The minimum atomic E-state index is 0.690. The van der Waals surface area contributed by atoms with Gasteiger partial charge in [0, 0.05) is 5.69 Å². The lowest BCUT2D eigenvalue weighted by atomic mass is 10.2. The zero-order chi connectivity index (χ0) is 10.9. The van der Waals surface area contributed by atoms with Gasteiger partial charge in [-0.15, -0.1) is 0 Å². The van der Waals surface area contributed by atoms with E-state index in [-0.39, 0.29) is 0 Å². The summed E-state index contributed by atoms with van der Waals surface area (Å²) in [6, 6.07) is 7.74. The number of hydrogen-bond acceptors (Lipinski definition) is 3. The van der Waals surface area contributed by atoms with Crippen molar-refractivity contribution in [2.45, 2.75) is 6.54 Å². The lowest BCUT2D eigenvalue weighted by Crippen LogP contribution is -1.85. The van der Waals surface area contributed by atoms with Gasteiger partial charge < -0.3 is 5.73 Å². The van der Waals surface area contributed by atoms with Crippen LogP contribution in [0.4, 0.5) is 5.69 Å². The van der Waals surface area contributed by atoms with Gasteiger partial charge in [-0.2, -0.15) is 0 Å². The van der Waals surface area contributed by atoms with Crippen molar-refractivity contribution >= 4 is 23.0 Å². The van der Waals surface area contributed by atoms with Crippen LogP contribution in [0.3, 0.4) is 0 Å². The van der Waals surface area contributed by atoms with E-state index in [1.54, 1.807) is 6.08 Å². The van der Waals surface area contributed by atoms with Crippen molar-refractivity contribution in [2.75, 3.05) is 5.73 Å². The lowest BCUT2D eigenvalue weighted by molar-refractivity contribution is 1.08. The Bertz CT molecular complexity index is 352. The molecule has 2 nitrogen and oxygen atoms in total. The fourth-order valence-corrected chi connectivity index (χ4v) is 1.38. The molecule has 0 aliphatic carbocycles. The standard InChI is InChI=1S/C12H14N2S/c1-2-3-8-15-10-14-9-11-4-6-12(13)7-5-11/h2-8,10H,1,9,13H2/b8-3-,14-10+. The smallest absolute Gasteiger partial charge is 0.0646 e. The largest absolute Gasteiger partial charge is 0.399 e. The highest BCUT2D eigenvalue weighted by atomic mass is 32.2. The van der Waals surface area contributed by atoms with Crippen LogP contribution in [-0.4, -0.2) is 5.55 Å². The fourth-order valence-electron chi connectivity index (χ4n) is 0.945. The average molecular weight is 218 g/mol. The van der Waals surface area contributed by atoms with E-state index in [1.165, 1.54) is 11.8 Å². The fraction of sp³-hybridized carbons (Fsp3) is 0.0833.